The van der Waals surface area contributed by atoms with Crippen molar-refractivity contribution in [3.05, 3.63) is 23.4 Å². The lowest BCUT2D eigenvalue weighted by Gasteiger charge is -2.27. The fraction of sp³-hybridized carbons (Fsp3) is 0.688. The largest absolute Gasteiger partial charge is 0.358 e. The Labute approximate surface area is 127 Å². The topological polar surface area (TPSA) is 19.4 Å². The highest BCUT2D eigenvalue weighted by Gasteiger charge is 2.22. The van der Waals surface area contributed by atoms with Gasteiger partial charge >= 0.3 is 0 Å². The molecule has 3 nitrogen and oxygen atoms in total. The first kappa shape index (κ1) is 15.6. The highest BCUT2D eigenvalue weighted by molar-refractivity contribution is 6.17. The monoisotopic (exact) mass is 295 g/mol. The molecule has 1 aromatic rings. The fourth-order valence-corrected chi connectivity index (χ4v) is 2.94. The highest BCUT2D eigenvalue weighted by Crippen LogP contribution is 2.23. The minimum Gasteiger partial charge on any atom is -0.358 e. The zero-order valence-corrected chi connectivity index (χ0v) is 13.8. The first-order chi connectivity index (χ1) is 9.51. The third-order valence-electron chi connectivity index (χ3n) is 4.18. The molecule has 112 valence electrons. The average Bonchev–Trinajstić information content (AvgIpc) is 2.83. The van der Waals surface area contributed by atoms with Crippen LogP contribution in [-0.2, 0) is 5.88 Å². The Bertz CT molecular complexity index is 447. The Morgan fingerprint density at radius 3 is 2.75 bits per heavy atom. The normalized spacial score (nSPS) is 19.8. The van der Waals surface area contributed by atoms with Crippen LogP contribution in [0.3, 0.4) is 0 Å². The number of likely N-dealkylation sites (N-methyl/N-ethyl adjacent to an activating group) is 2. The van der Waals surface area contributed by atoms with Gasteiger partial charge in [-0.2, -0.15) is 0 Å². The van der Waals surface area contributed by atoms with Crippen LogP contribution in [0.1, 0.15) is 43.9 Å². The molecule has 0 spiro atoms. The number of anilines is 1. The maximum absolute atomic E-state index is 6.02. The van der Waals surface area contributed by atoms with E-state index in [1.807, 2.05) is 0 Å². The van der Waals surface area contributed by atoms with E-state index in [0.29, 0.717) is 17.8 Å². The summed E-state index contributed by atoms with van der Waals surface area (Å²) in [4.78, 5) is 9.52. The first-order valence-corrected chi connectivity index (χ1v) is 8.03. The molecule has 0 amide bonds. The van der Waals surface area contributed by atoms with Crippen molar-refractivity contribution in [2.24, 2.45) is 0 Å². The van der Waals surface area contributed by atoms with Crippen molar-refractivity contribution in [1.29, 1.82) is 0 Å². The lowest BCUT2D eigenvalue weighted by Crippen LogP contribution is -2.37. The molecule has 2 rings (SSSR count). The zero-order chi connectivity index (χ0) is 14.7. The molecule has 1 aliphatic heterocycles. The summed E-state index contributed by atoms with van der Waals surface area (Å²) in [6.07, 6.45) is 2.59. The van der Waals surface area contributed by atoms with Crippen LogP contribution < -0.4 is 4.90 Å². The van der Waals surface area contributed by atoms with Crippen LogP contribution in [0.4, 0.5) is 5.82 Å². The molecular weight excluding hydrogens is 270 g/mol. The van der Waals surface area contributed by atoms with E-state index >= 15 is 0 Å². The van der Waals surface area contributed by atoms with Gasteiger partial charge in [0, 0.05) is 31.2 Å². The molecular formula is C16H26ClN3. The highest BCUT2D eigenvalue weighted by atomic mass is 35.5. The number of hydrogen-bond acceptors (Lipinski definition) is 3. The molecule has 0 aromatic carbocycles. The molecule has 1 atom stereocenters. The second kappa shape index (κ2) is 6.77. The van der Waals surface area contributed by atoms with Gasteiger partial charge in [-0.1, -0.05) is 13.8 Å². The van der Waals surface area contributed by atoms with Crippen LogP contribution in [0.2, 0.25) is 0 Å². The lowest BCUT2D eigenvalue weighted by atomic mass is 10.1. The Morgan fingerprint density at radius 1 is 1.45 bits per heavy atom. The van der Waals surface area contributed by atoms with Crippen molar-refractivity contribution in [1.82, 2.24) is 9.88 Å². The summed E-state index contributed by atoms with van der Waals surface area (Å²) >= 11 is 6.02. The number of hydrogen-bond donors (Lipinski definition) is 0. The van der Waals surface area contributed by atoms with Gasteiger partial charge in [0.15, 0.2) is 0 Å². The number of rotatable bonds is 5. The van der Waals surface area contributed by atoms with E-state index < -0.39 is 0 Å². The van der Waals surface area contributed by atoms with Crippen molar-refractivity contribution in [2.45, 2.75) is 44.5 Å². The summed E-state index contributed by atoms with van der Waals surface area (Å²) < 4.78 is 0. The van der Waals surface area contributed by atoms with Crippen molar-refractivity contribution in [3.8, 4) is 0 Å². The third-order valence-corrected chi connectivity index (χ3v) is 4.49. The molecule has 0 radical (unpaired) electrons. The molecule has 1 fully saturated rings. The Kier molecular flexibility index (Phi) is 5.28. The number of pyridine rings is 1. The molecule has 0 N–H and O–H groups in total. The van der Waals surface area contributed by atoms with Crippen LogP contribution >= 0.6 is 11.6 Å². The van der Waals surface area contributed by atoms with E-state index in [0.717, 1.165) is 23.6 Å². The van der Waals surface area contributed by atoms with Gasteiger partial charge in [-0.3, -0.25) is 0 Å². The van der Waals surface area contributed by atoms with Gasteiger partial charge in [0.05, 0.1) is 0 Å². The molecule has 0 bridgehead atoms. The van der Waals surface area contributed by atoms with E-state index in [1.54, 1.807) is 0 Å². The molecule has 0 aliphatic carbocycles. The molecule has 1 saturated heterocycles. The molecule has 20 heavy (non-hydrogen) atoms. The Hall–Kier alpha value is -0.800. The van der Waals surface area contributed by atoms with Gasteiger partial charge in [-0.25, -0.2) is 4.98 Å². The third kappa shape index (κ3) is 3.64. The maximum atomic E-state index is 6.02. The predicted molar refractivity (Wildman–Crippen MR) is 86.8 cm³/mol. The number of alkyl halides is 1. The Balaban J connectivity index is 2.15. The summed E-state index contributed by atoms with van der Waals surface area (Å²) in [5.41, 5.74) is 2.29. The van der Waals surface area contributed by atoms with E-state index in [1.165, 1.54) is 19.4 Å². The predicted octanol–water partition coefficient (Wildman–Crippen LogP) is 3.47. The minimum atomic E-state index is 0.430. The van der Waals surface area contributed by atoms with Crippen molar-refractivity contribution >= 4 is 17.4 Å². The van der Waals surface area contributed by atoms with Crippen LogP contribution in [0.5, 0.6) is 0 Å². The molecule has 1 unspecified atom stereocenters. The summed E-state index contributed by atoms with van der Waals surface area (Å²) in [5, 5.41) is 0. The Morgan fingerprint density at radius 2 is 2.20 bits per heavy atom. The van der Waals surface area contributed by atoms with Crippen molar-refractivity contribution in [3.63, 3.8) is 0 Å². The standard InChI is InChI=1S/C16H26ClN3/c1-12(2)15-8-13(10-17)9-16(18-15)20(4)11-14-6-5-7-19(14)3/h8-9,12,14H,5-7,10-11H2,1-4H3. The summed E-state index contributed by atoms with van der Waals surface area (Å²) in [6, 6.07) is 4.88. The maximum Gasteiger partial charge on any atom is 0.128 e. The molecule has 2 heterocycles. The average molecular weight is 296 g/mol. The molecule has 0 saturated carbocycles. The lowest BCUT2D eigenvalue weighted by molar-refractivity contribution is 0.314. The van der Waals surface area contributed by atoms with Crippen LogP contribution in [-0.4, -0.2) is 43.1 Å². The fourth-order valence-electron chi connectivity index (χ4n) is 2.78. The molecule has 4 heteroatoms. The van der Waals surface area contributed by atoms with E-state index in [2.05, 4.69) is 49.9 Å². The SMILES string of the molecule is CC(C)c1cc(CCl)cc(N(C)CC2CCCN2C)n1. The second-order valence-electron chi connectivity index (χ2n) is 6.20. The van der Waals surface area contributed by atoms with Crippen molar-refractivity contribution < 1.29 is 0 Å². The summed E-state index contributed by atoms with van der Waals surface area (Å²) in [7, 11) is 4.35. The number of likely N-dealkylation sites (tertiary alicyclic amines) is 1. The van der Waals surface area contributed by atoms with Crippen LogP contribution in [0.15, 0.2) is 12.1 Å². The van der Waals surface area contributed by atoms with Gasteiger partial charge in [0.1, 0.15) is 5.82 Å². The number of halogens is 1. The van der Waals surface area contributed by atoms with Crippen LogP contribution in [0, 0.1) is 0 Å². The molecule has 1 aromatic heterocycles. The van der Waals surface area contributed by atoms with E-state index in [-0.39, 0.29) is 0 Å². The zero-order valence-electron chi connectivity index (χ0n) is 13.1. The molecule has 1 aliphatic rings. The van der Waals surface area contributed by atoms with Gasteiger partial charge < -0.3 is 9.80 Å². The summed E-state index contributed by atoms with van der Waals surface area (Å²) in [6.45, 7) is 6.60. The number of aromatic nitrogens is 1. The first-order valence-electron chi connectivity index (χ1n) is 7.49. The van der Waals surface area contributed by atoms with E-state index in [9.17, 15) is 0 Å². The van der Waals surface area contributed by atoms with Gasteiger partial charge in [0.2, 0.25) is 0 Å². The quantitative estimate of drug-likeness (QED) is 0.775. The summed E-state index contributed by atoms with van der Waals surface area (Å²) in [5.74, 6) is 2.03. The number of nitrogens with zero attached hydrogens (tertiary/aromatic N) is 3. The minimum absolute atomic E-state index is 0.430. The van der Waals surface area contributed by atoms with E-state index in [4.69, 9.17) is 16.6 Å². The van der Waals surface area contributed by atoms with Gasteiger partial charge in [-0.15, -0.1) is 11.6 Å². The van der Waals surface area contributed by atoms with Gasteiger partial charge in [0.25, 0.3) is 0 Å². The van der Waals surface area contributed by atoms with Gasteiger partial charge in [-0.05, 0) is 50.0 Å². The second-order valence-corrected chi connectivity index (χ2v) is 6.47. The smallest absolute Gasteiger partial charge is 0.128 e. The van der Waals surface area contributed by atoms with Crippen molar-refractivity contribution in [2.75, 3.05) is 32.1 Å². The van der Waals surface area contributed by atoms with Crippen LogP contribution in [0.25, 0.3) is 0 Å².